The van der Waals surface area contributed by atoms with Gasteiger partial charge in [0.25, 0.3) is 0 Å². The monoisotopic (exact) mass is 283 g/mol. The fourth-order valence-corrected chi connectivity index (χ4v) is 2.47. The van der Waals surface area contributed by atoms with Gasteiger partial charge in [-0.3, -0.25) is 0 Å². The second-order valence-corrected chi connectivity index (χ2v) is 6.34. The quantitative estimate of drug-likeness (QED) is 0.871. The van der Waals surface area contributed by atoms with Crippen LogP contribution >= 0.6 is 11.3 Å². The number of primary sulfonamides is 1. The SMILES string of the molecule is NS(=O)(=O)CCNc1ccc(-c2nccs2)cc1. The first-order valence-corrected chi connectivity index (χ1v) is 7.88. The van der Waals surface area contributed by atoms with Crippen LogP contribution in [0.1, 0.15) is 0 Å². The number of rotatable bonds is 5. The molecule has 0 aliphatic heterocycles. The van der Waals surface area contributed by atoms with Crippen LogP contribution in [-0.2, 0) is 10.0 Å². The Morgan fingerprint density at radius 1 is 1.28 bits per heavy atom. The van der Waals surface area contributed by atoms with E-state index in [0.717, 1.165) is 16.3 Å². The van der Waals surface area contributed by atoms with E-state index in [1.807, 2.05) is 29.6 Å². The van der Waals surface area contributed by atoms with Crippen LogP contribution in [0.2, 0.25) is 0 Å². The van der Waals surface area contributed by atoms with E-state index >= 15 is 0 Å². The van der Waals surface area contributed by atoms with Crippen molar-refractivity contribution in [3.8, 4) is 10.6 Å². The normalized spacial score (nSPS) is 11.4. The lowest BCUT2D eigenvalue weighted by atomic mass is 10.2. The molecule has 0 aliphatic rings. The first-order valence-electron chi connectivity index (χ1n) is 5.29. The molecule has 7 heteroatoms. The molecule has 2 rings (SSSR count). The summed E-state index contributed by atoms with van der Waals surface area (Å²) in [6.07, 6.45) is 1.76. The Morgan fingerprint density at radius 2 is 2.00 bits per heavy atom. The third-order valence-corrected chi connectivity index (χ3v) is 3.88. The molecule has 18 heavy (non-hydrogen) atoms. The summed E-state index contributed by atoms with van der Waals surface area (Å²) in [6, 6.07) is 7.66. The molecule has 0 fully saturated rings. The number of hydrogen-bond donors (Lipinski definition) is 2. The summed E-state index contributed by atoms with van der Waals surface area (Å²) in [4.78, 5) is 4.21. The van der Waals surface area contributed by atoms with Gasteiger partial charge in [0.2, 0.25) is 10.0 Å². The van der Waals surface area contributed by atoms with E-state index < -0.39 is 10.0 Å². The fourth-order valence-electron chi connectivity index (χ4n) is 1.43. The molecule has 3 N–H and O–H groups in total. The molecule has 0 spiro atoms. The summed E-state index contributed by atoms with van der Waals surface area (Å²) in [5.41, 5.74) is 1.90. The maximum absolute atomic E-state index is 10.8. The largest absolute Gasteiger partial charge is 0.384 e. The number of nitrogens with zero attached hydrogens (tertiary/aromatic N) is 1. The number of benzene rings is 1. The van der Waals surface area contributed by atoms with Crippen LogP contribution in [0.4, 0.5) is 5.69 Å². The Hall–Kier alpha value is -1.44. The maximum atomic E-state index is 10.8. The average Bonchev–Trinajstić information content (AvgIpc) is 2.82. The van der Waals surface area contributed by atoms with Gasteiger partial charge < -0.3 is 5.32 Å². The number of anilines is 1. The molecule has 0 saturated carbocycles. The second kappa shape index (κ2) is 5.47. The molecular weight excluding hydrogens is 270 g/mol. The van der Waals surface area contributed by atoms with E-state index in [1.165, 1.54) is 0 Å². The van der Waals surface area contributed by atoms with E-state index in [-0.39, 0.29) is 5.75 Å². The minimum atomic E-state index is -3.41. The lowest BCUT2D eigenvalue weighted by Crippen LogP contribution is -2.22. The standard InChI is InChI=1S/C11H13N3O2S2/c12-18(15,16)8-6-13-10-3-1-9(2-4-10)11-14-5-7-17-11/h1-5,7,13H,6,8H2,(H2,12,15,16). The minimum absolute atomic E-state index is 0.0821. The average molecular weight is 283 g/mol. The molecule has 1 aromatic carbocycles. The highest BCUT2D eigenvalue weighted by Crippen LogP contribution is 2.22. The number of aromatic nitrogens is 1. The van der Waals surface area contributed by atoms with Crippen LogP contribution in [0, 0.1) is 0 Å². The van der Waals surface area contributed by atoms with Gasteiger partial charge in [-0.05, 0) is 24.3 Å². The second-order valence-electron chi connectivity index (χ2n) is 3.71. The molecule has 0 bridgehead atoms. The molecule has 0 unspecified atom stereocenters. The Balaban J connectivity index is 1.96. The van der Waals surface area contributed by atoms with Crippen molar-refractivity contribution in [1.29, 1.82) is 0 Å². The topological polar surface area (TPSA) is 85.1 Å². The van der Waals surface area contributed by atoms with Crippen molar-refractivity contribution >= 4 is 27.0 Å². The fraction of sp³-hybridized carbons (Fsp3) is 0.182. The molecule has 0 amide bonds. The van der Waals surface area contributed by atoms with Gasteiger partial charge in [0.05, 0.1) is 5.75 Å². The molecule has 1 aromatic heterocycles. The van der Waals surface area contributed by atoms with E-state index in [0.29, 0.717) is 6.54 Å². The summed E-state index contributed by atoms with van der Waals surface area (Å²) < 4.78 is 21.5. The van der Waals surface area contributed by atoms with Gasteiger partial charge in [-0.2, -0.15) is 0 Å². The number of sulfonamides is 1. The van der Waals surface area contributed by atoms with Crippen LogP contribution in [0.25, 0.3) is 10.6 Å². The lowest BCUT2D eigenvalue weighted by Gasteiger charge is -2.05. The zero-order chi connectivity index (χ0) is 13.0. The highest BCUT2D eigenvalue weighted by molar-refractivity contribution is 7.89. The van der Waals surface area contributed by atoms with Crippen molar-refractivity contribution in [3.63, 3.8) is 0 Å². The number of thiazole rings is 1. The third kappa shape index (κ3) is 3.80. The molecule has 96 valence electrons. The summed E-state index contributed by atoms with van der Waals surface area (Å²) in [5, 5.41) is 10.8. The molecule has 0 radical (unpaired) electrons. The molecular formula is C11H13N3O2S2. The summed E-state index contributed by atoms with van der Waals surface area (Å²) in [7, 11) is -3.41. The molecule has 2 aromatic rings. The number of nitrogens with one attached hydrogen (secondary N) is 1. The molecule has 0 aliphatic carbocycles. The van der Waals surface area contributed by atoms with Gasteiger partial charge in [-0.15, -0.1) is 11.3 Å². The molecule has 0 saturated heterocycles. The van der Waals surface area contributed by atoms with E-state index in [1.54, 1.807) is 17.5 Å². The number of nitrogens with two attached hydrogens (primary N) is 1. The highest BCUT2D eigenvalue weighted by atomic mass is 32.2. The predicted octanol–water partition coefficient (Wildman–Crippen LogP) is 1.51. The third-order valence-electron chi connectivity index (χ3n) is 2.28. The number of hydrogen-bond acceptors (Lipinski definition) is 5. The van der Waals surface area contributed by atoms with Crippen LogP contribution in [-0.4, -0.2) is 25.7 Å². The zero-order valence-electron chi connectivity index (χ0n) is 9.54. The van der Waals surface area contributed by atoms with Crippen LogP contribution in [0.15, 0.2) is 35.8 Å². The van der Waals surface area contributed by atoms with E-state index in [4.69, 9.17) is 5.14 Å². The van der Waals surface area contributed by atoms with Gasteiger partial charge in [0.1, 0.15) is 5.01 Å². The van der Waals surface area contributed by atoms with E-state index in [9.17, 15) is 8.42 Å². The van der Waals surface area contributed by atoms with Crippen molar-refractivity contribution in [3.05, 3.63) is 35.8 Å². The zero-order valence-corrected chi connectivity index (χ0v) is 11.2. The van der Waals surface area contributed by atoms with Crippen LogP contribution in [0.5, 0.6) is 0 Å². The Morgan fingerprint density at radius 3 is 2.56 bits per heavy atom. The lowest BCUT2D eigenvalue weighted by molar-refractivity contribution is 0.598. The predicted molar refractivity (Wildman–Crippen MR) is 74.0 cm³/mol. The van der Waals surface area contributed by atoms with Crippen molar-refractivity contribution in [1.82, 2.24) is 4.98 Å². The Labute approximate surface area is 110 Å². The Bertz CT molecular complexity index is 592. The minimum Gasteiger partial charge on any atom is -0.384 e. The summed E-state index contributed by atoms with van der Waals surface area (Å²) in [5.74, 6) is -0.0821. The van der Waals surface area contributed by atoms with Gasteiger partial charge in [-0.1, -0.05) is 0 Å². The maximum Gasteiger partial charge on any atom is 0.210 e. The molecule has 5 nitrogen and oxygen atoms in total. The van der Waals surface area contributed by atoms with Gasteiger partial charge >= 0.3 is 0 Å². The Kier molecular flexibility index (Phi) is 3.95. The van der Waals surface area contributed by atoms with Gasteiger partial charge in [-0.25, -0.2) is 18.5 Å². The van der Waals surface area contributed by atoms with Crippen LogP contribution in [0.3, 0.4) is 0 Å². The van der Waals surface area contributed by atoms with Gasteiger partial charge in [0.15, 0.2) is 0 Å². The van der Waals surface area contributed by atoms with Crippen molar-refractivity contribution in [2.75, 3.05) is 17.6 Å². The van der Waals surface area contributed by atoms with Gasteiger partial charge in [0, 0.05) is 29.4 Å². The first kappa shape index (κ1) is 13.0. The first-order chi connectivity index (χ1) is 8.54. The van der Waals surface area contributed by atoms with Crippen molar-refractivity contribution < 1.29 is 8.42 Å². The van der Waals surface area contributed by atoms with Crippen molar-refractivity contribution in [2.45, 2.75) is 0 Å². The summed E-state index contributed by atoms with van der Waals surface area (Å²) in [6.45, 7) is 0.301. The summed E-state index contributed by atoms with van der Waals surface area (Å²) >= 11 is 1.58. The highest BCUT2D eigenvalue weighted by Gasteiger charge is 2.03. The molecule has 0 atom stereocenters. The van der Waals surface area contributed by atoms with E-state index in [2.05, 4.69) is 10.3 Å². The van der Waals surface area contributed by atoms with Crippen LogP contribution < -0.4 is 10.5 Å². The van der Waals surface area contributed by atoms with Crippen molar-refractivity contribution in [2.24, 2.45) is 5.14 Å². The molecule has 1 heterocycles. The smallest absolute Gasteiger partial charge is 0.210 e.